The van der Waals surface area contributed by atoms with E-state index < -0.39 is 33.9 Å². The van der Waals surface area contributed by atoms with Crippen molar-refractivity contribution in [2.75, 3.05) is 12.9 Å². The van der Waals surface area contributed by atoms with Gasteiger partial charge in [0.15, 0.2) is 4.80 Å². The fraction of sp³-hybridized carbons (Fsp3) is 0.208. The summed E-state index contributed by atoms with van der Waals surface area (Å²) in [5.41, 5.74) is 0.557. The second kappa shape index (κ2) is 10.4. The number of carbonyl (C=O) groups excluding carboxylic acids is 1. The predicted molar refractivity (Wildman–Crippen MR) is 141 cm³/mol. The van der Waals surface area contributed by atoms with Crippen LogP contribution in [-0.4, -0.2) is 33.4 Å². The van der Waals surface area contributed by atoms with Gasteiger partial charge in [0.1, 0.15) is 0 Å². The highest BCUT2D eigenvalue weighted by atomic mass is 79.9. The number of phenols is 1. The van der Waals surface area contributed by atoms with Crippen LogP contribution in [0.5, 0.6) is 5.75 Å². The normalized spacial score (nSPS) is 15.4. The number of hydrogen-bond acceptors (Lipinski definition) is 9. The van der Waals surface area contributed by atoms with Crippen LogP contribution in [0.25, 0.3) is 6.08 Å². The minimum atomic E-state index is -0.774. The zero-order chi connectivity index (χ0) is 26.1. The summed E-state index contributed by atoms with van der Waals surface area (Å²) < 4.78 is 7.28. The summed E-state index contributed by atoms with van der Waals surface area (Å²) in [6.45, 7) is 3.56. The number of nitrogens with zero attached hydrogens (tertiary/aromatic N) is 3. The zero-order valence-electron chi connectivity index (χ0n) is 19.4. The van der Waals surface area contributed by atoms with Crippen molar-refractivity contribution in [3.8, 4) is 5.75 Å². The van der Waals surface area contributed by atoms with Gasteiger partial charge in [-0.2, -0.15) is 0 Å². The number of halogens is 1. The molecule has 1 aliphatic heterocycles. The number of thiazole rings is 1. The van der Waals surface area contributed by atoms with Crippen LogP contribution in [0, 0.1) is 10.1 Å². The van der Waals surface area contributed by atoms with Gasteiger partial charge in [0, 0.05) is 21.0 Å². The van der Waals surface area contributed by atoms with Crippen LogP contribution in [0.3, 0.4) is 0 Å². The van der Waals surface area contributed by atoms with Gasteiger partial charge in [-0.1, -0.05) is 39.4 Å². The summed E-state index contributed by atoms with van der Waals surface area (Å²) in [5.74, 6) is -1.12. The first-order valence-electron chi connectivity index (χ1n) is 10.7. The van der Waals surface area contributed by atoms with Crippen LogP contribution < -0.4 is 14.9 Å². The van der Waals surface area contributed by atoms with E-state index in [0.29, 0.717) is 20.5 Å². The number of aromatic nitrogens is 1. The number of carbonyl (C=O) groups is 1. The van der Waals surface area contributed by atoms with Crippen LogP contribution in [0.2, 0.25) is 0 Å². The Hall–Kier alpha value is -3.22. The van der Waals surface area contributed by atoms with Gasteiger partial charge in [-0.3, -0.25) is 19.5 Å². The number of thioether (sulfide) groups is 1. The molecule has 1 aliphatic rings. The number of fused-ring (bicyclic) bond motifs is 1. The Morgan fingerprint density at radius 1 is 1.36 bits per heavy atom. The van der Waals surface area contributed by atoms with E-state index in [1.807, 2.05) is 30.5 Å². The van der Waals surface area contributed by atoms with Gasteiger partial charge in [-0.05, 0) is 49.9 Å². The van der Waals surface area contributed by atoms with Gasteiger partial charge in [-0.25, -0.2) is 9.79 Å². The first-order chi connectivity index (χ1) is 17.2. The molecule has 0 amide bonds. The van der Waals surface area contributed by atoms with Crippen LogP contribution >= 0.6 is 39.0 Å². The van der Waals surface area contributed by atoms with Crippen molar-refractivity contribution in [3.63, 3.8) is 0 Å². The summed E-state index contributed by atoms with van der Waals surface area (Å²) in [5, 5.41) is 21.8. The van der Waals surface area contributed by atoms with Gasteiger partial charge < -0.3 is 9.84 Å². The summed E-state index contributed by atoms with van der Waals surface area (Å²) >= 11 is 5.84. The average Bonchev–Trinajstić information content (AvgIpc) is 3.14. The van der Waals surface area contributed by atoms with Crippen molar-refractivity contribution in [1.29, 1.82) is 0 Å². The Bertz CT molecular complexity index is 1590. The number of aromatic hydroxyl groups is 1. The number of nitro groups is 1. The molecular formula is C24H20BrN3O6S2. The molecule has 0 radical (unpaired) electrons. The Morgan fingerprint density at radius 3 is 2.67 bits per heavy atom. The molecule has 4 rings (SSSR count). The molecule has 36 heavy (non-hydrogen) atoms. The van der Waals surface area contributed by atoms with Crippen molar-refractivity contribution >= 4 is 56.8 Å². The number of benzene rings is 2. The van der Waals surface area contributed by atoms with E-state index in [9.17, 15) is 24.8 Å². The summed E-state index contributed by atoms with van der Waals surface area (Å²) in [6, 6.07) is 9.42. The van der Waals surface area contributed by atoms with Crippen LogP contribution in [-0.2, 0) is 9.53 Å². The van der Waals surface area contributed by atoms with Gasteiger partial charge in [0.25, 0.3) is 5.56 Å². The maximum atomic E-state index is 13.6. The molecular weight excluding hydrogens is 570 g/mol. The van der Waals surface area contributed by atoms with Crippen molar-refractivity contribution in [1.82, 2.24) is 4.57 Å². The molecule has 0 aliphatic carbocycles. The molecule has 0 bridgehead atoms. The van der Waals surface area contributed by atoms with Gasteiger partial charge >= 0.3 is 11.7 Å². The van der Waals surface area contributed by atoms with Crippen molar-refractivity contribution in [2.24, 2.45) is 4.99 Å². The maximum absolute atomic E-state index is 13.6. The average molecular weight is 590 g/mol. The summed E-state index contributed by atoms with van der Waals surface area (Å²) in [7, 11) is 0. The van der Waals surface area contributed by atoms with Crippen molar-refractivity contribution < 1.29 is 19.6 Å². The third kappa shape index (κ3) is 4.75. The number of ether oxygens (including phenoxy) is 1. The van der Waals surface area contributed by atoms with Gasteiger partial charge in [0.05, 0.1) is 33.4 Å². The second-order valence-electron chi connectivity index (χ2n) is 7.70. The second-order valence-corrected chi connectivity index (χ2v) is 10.5. The standard InChI is InChI=1S/C24H20BrN3O6S2/c1-4-34-23(31)19-12(2)26-24-27(20(19)13-5-7-16(35-3)8-6-13)22(30)18(36-24)10-14-9-15(25)11-17(21(14)29)28(32)33/h5-11,20,29H,4H2,1-3H3/b18-10-/t20-/m0/s1. The molecule has 2 aromatic carbocycles. The molecule has 1 atom stereocenters. The topological polar surface area (TPSA) is 124 Å². The molecule has 0 fully saturated rings. The SMILES string of the molecule is CCOC(=O)C1=C(C)N=c2s/c(=C\c3cc(Br)cc([N+](=O)[O-])c3O)c(=O)n2[C@H]1c1ccc(SC)cc1. The van der Waals surface area contributed by atoms with E-state index in [1.54, 1.807) is 25.6 Å². The number of rotatable bonds is 6. The minimum absolute atomic E-state index is 0.101. The molecule has 1 N–H and O–H groups in total. The largest absolute Gasteiger partial charge is 0.502 e. The van der Waals surface area contributed by atoms with E-state index >= 15 is 0 Å². The van der Waals surface area contributed by atoms with Crippen LogP contribution in [0.4, 0.5) is 5.69 Å². The smallest absolute Gasteiger partial charge is 0.338 e. The maximum Gasteiger partial charge on any atom is 0.338 e. The Labute approximate surface area is 221 Å². The first kappa shape index (κ1) is 25.9. The van der Waals surface area contributed by atoms with E-state index in [0.717, 1.165) is 16.2 Å². The number of phenolic OH excluding ortho intramolecular Hbond substituents is 1. The Balaban J connectivity index is 1.97. The Kier molecular flexibility index (Phi) is 7.48. The lowest BCUT2D eigenvalue weighted by Gasteiger charge is -2.24. The lowest BCUT2D eigenvalue weighted by molar-refractivity contribution is -0.385. The van der Waals surface area contributed by atoms with E-state index in [4.69, 9.17) is 4.74 Å². The molecule has 0 spiro atoms. The molecule has 9 nitrogen and oxygen atoms in total. The van der Waals surface area contributed by atoms with Gasteiger partial charge in [0.2, 0.25) is 5.75 Å². The quantitative estimate of drug-likeness (QED) is 0.200. The predicted octanol–water partition coefficient (Wildman–Crippen LogP) is 3.90. The summed E-state index contributed by atoms with van der Waals surface area (Å²) in [6.07, 6.45) is 3.34. The molecule has 12 heteroatoms. The Morgan fingerprint density at radius 2 is 2.06 bits per heavy atom. The minimum Gasteiger partial charge on any atom is -0.502 e. The third-order valence-corrected chi connectivity index (χ3v) is 7.70. The molecule has 0 unspecified atom stereocenters. The van der Waals surface area contributed by atoms with Gasteiger partial charge in [-0.15, -0.1) is 11.8 Å². The van der Waals surface area contributed by atoms with Crippen molar-refractivity contribution in [2.45, 2.75) is 24.8 Å². The molecule has 0 saturated heterocycles. The highest BCUT2D eigenvalue weighted by molar-refractivity contribution is 9.10. The molecule has 0 saturated carbocycles. The van der Waals surface area contributed by atoms with E-state index in [-0.39, 0.29) is 22.3 Å². The molecule has 2 heterocycles. The van der Waals surface area contributed by atoms with Crippen LogP contribution in [0.1, 0.15) is 31.0 Å². The fourth-order valence-electron chi connectivity index (χ4n) is 3.89. The number of nitro benzene ring substituents is 1. The highest BCUT2D eigenvalue weighted by Crippen LogP contribution is 2.34. The van der Waals surface area contributed by atoms with E-state index in [1.165, 1.54) is 22.8 Å². The lowest BCUT2D eigenvalue weighted by atomic mass is 9.96. The summed E-state index contributed by atoms with van der Waals surface area (Å²) in [4.78, 5) is 43.1. The van der Waals surface area contributed by atoms with Crippen molar-refractivity contribution in [3.05, 3.63) is 93.1 Å². The number of allylic oxidation sites excluding steroid dienone is 1. The lowest BCUT2D eigenvalue weighted by Crippen LogP contribution is -2.39. The highest BCUT2D eigenvalue weighted by Gasteiger charge is 2.33. The molecule has 1 aromatic heterocycles. The first-order valence-corrected chi connectivity index (χ1v) is 13.5. The number of hydrogen-bond donors (Lipinski definition) is 1. The molecule has 186 valence electrons. The fourth-order valence-corrected chi connectivity index (χ4v) is 5.80. The third-order valence-electron chi connectivity index (χ3n) is 5.52. The number of esters is 1. The van der Waals surface area contributed by atoms with E-state index in [2.05, 4.69) is 20.9 Å². The van der Waals surface area contributed by atoms with Crippen LogP contribution in [0.15, 0.2) is 66.8 Å². The zero-order valence-corrected chi connectivity index (χ0v) is 22.6. The monoisotopic (exact) mass is 589 g/mol. The molecule has 3 aromatic rings.